The maximum atomic E-state index is 5.91. The summed E-state index contributed by atoms with van der Waals surface area (Å²) in [5.41, 5.74) is 2.21. The highest BCUT2D eigenvalue weighted by Gasteiger charge is 2.28. The quantitative estimate of drug-likeness (QED) is 0.736. The van der Waals surface area contributed by atoms with Crippen LogP contribution in [0.25, 0.3) is 0 Å². The molecular formula is C18H20O4. The molecule has 4 heteroatoms. The lowest BCUT2D eigenvalue weighted by Gasteiger charge is -2.22. The molecule has 0 unspecified atom stereocenters. The van der Waals surface area contributed by atoms with Crippen molar-refractivity contribution in [1.82, 2.24) is 0 Å². The van der Waals surface area contributed by atoms with E-state index in [1.54, 1.807) is 0 Å². The molecule has 1 aliphatic rings. The highest BCUT2D eigenvalue weighted by molar-refractivity contribution is 5.14. The summed E-state index contributed by atoms with van der Waals surface area (Å²) in [6, 6.07) is 20.1. The van der Waals surface area contributed by atoms with Gasteiger partial charge in [-0.05, 0) is 11.1 Å². The summed E-state index contributed by atoms with van der Waals surface area (Å²) in [5, 5.41) is 0. The van der Waals surface area contributed by atoms with Crippen molar-refractivity contribution in [2.24, 2.45) is 0 Å². The van der Waals surface area contributed by atoms with Gasteiger partial charge in [-0.25, -0.2) is 0 Å². The third kappa shape index (κ3) is 4.39. The van der Waals surface area contributed by atoms with E-state index in [1.165, 1.54) is 0 Å². The first kappa shape index (κ1) is 15.2. The number of rotatable bonds is 7. The van der Waals surface area contributed by atoms with E-state index in [2.05, 4.69) is 0 Å². The Balaban J connectivity index is 1.57. The highest BCUT2D eigenvalue weighted by Crippen LogP contribution is 2.16. The summed E-state index contributed by atoms with van der Waals surface area (Å²) in [6.07, 6.45) is -0.629. The Morgan fingerprint density at radius 1 is 0.864 bits per heavy atom. The van der Waals surface area contributed by atoms with Crippen LogP contribution in [0.4, 0.5) is 0 Å². The standard InChI is InChI=1S/C18H20O4/c1-3-7-15(8-4-1)11-20-18(17-13-19-14-22-17)21-12-16-9-5-2-6-10-16/h1-10,17-18H,11-14H2/t17-/m1/s1. The molecule has 1 heterocycles. The molecule has 116 valence electrons. The van der Waals surface area contributed by atoms with E-state index in [0.717, 1.165) is 11.1 Å². The van der Waals surface area contributed by atoms with Crippen molar-refractivity contribution in [3.05, 3.63) is 71.8 Å². The van der Waals surface area contributed by atoms with Gasteiger partial charge in [0.05, 0.1) is 19.8 Å². The third-order valence-electron chi connectivity index (χ3n) is 3.47. The van der Waals surface area contributed by atoms with Crippen LogP contribution in [0.3, 0.4) is 0 Å². The Morgan fingerprint density at radius 2 is 1.41 bits per heavy atom. The van der Waals surface area contributed by atoms with E-state index < -0.39 is 6.29 Å². The van der Waals surface area contributed by atoms with Crippen molar-refractivity contribution in [2.45, 2.75) is 25.6 Å². The zero-order valence-electron chi connectivity index (χ0n) is 12.4. The smallest absolute Gasteiger partial charge is 0.186 e. The van der Waals surface area contributed by atoms with Gasteiger partial charge in [0.1, 0.15) is 12.9 Å². The van der Waals surface area contributed by atoms with E-state index in [0.29, 0.717) is 26.6 Å². The molecule has 0 spiro atoms. The van der Waals surface area contributed by atoms with Crippen molar-refractivity contribution in [3.8, 4) is 0 Å². The van der Waals surface area contributed by atoms with E-state index >= 15 is 0 Å². The fourth-order valence-electron chi connectivity index (χ4n) is 2.27. The van der Waals surface area contributed by atoms with Crippen LogP contribution in [0.5, 0.6) is 0 Å². The van der Waals surface area contributed by atoms with Gasteiger partial charge in [0.25, 0.3) is 0 Å². The Kier molecular flexibility index (Phi) is 5.56. The van der Waals surface area contributed by atoms with Gasteiger partial charge in [0.15, 0.2) is 6.29 Å². The lowest BCUT2D eigenvalue weighted by atomic mass is 10.2. The average Bonchev–Trinajstić information content (AvgIpc) is 3.11. The molecule has 1 aliphatic heterocycles. The van der Waals surface area contributed by atoms with E-state index in [4.69, 9.17) is 18.9 Å². The maximum absolute atomic E-state index is 5.91. The van der Waals surface area contributed by atoms with Crippen molar-refractivity contribution in [2.75, 3.05) is 13.4 Å². The van der Waals surface area contributed by atoms with Crippen LogP contribution < -0.4 is 0 Å². The lowest BCUT2D eigenvalue weighted by Crippen LogP contribution is -2.33. The Bertz CT molecular complexity index is 494. The van der Waals surface area contributed by atoms with Crippen LogP contribution >= 0.6 is 0 Å². The second-order valence-electron chi connectivity index (χ2n) is 5.16. The molecule has 4 nitrogen and oxygen atoms in total. The van der Waals surface area contributed by atoms with Gasteiger partial charge in [0.2, 0.25) is 0 Å². The minimum atomic E-state index is -0.442. The summed E-state index contributed by atoms with van der Waals surface area (Å²) in [5.74, 6) is 0. The lowest BCUT2D eigenvalue weighted by molar-refractivity contribution is -0.205. The van der Waals surface area contributed by atoms with Gasteiger partial charge in [-0.2, -0.15) is 0 Å². The number of benzene rings is 2. The molecule has 2 aromatic rings. The molecule has 0 aliphatic carbocycles. The number of hydrogen-bond donors (Lipinski definition) is 0. The fourth-order valence-corrected chi connectivity index (χ4v) is 2.27. The van der Waals surface area contributed by atoms with E-state index in [-0.39, 0.29) is 6.10 Å². The average molecular weight is 300 g/mol. The molecule has 0 amide bonds. The monoisotopic (exact) mass is 300 g/mol. The van der Waals surface area contributed by atoms with Gasteiger partial charge in [-0.1, -0.05) is 60.7 Å². The molecule has 1 saturated heterocycles. The van der Waals surface area contributed by atoms with Crippen molar-refractivity contribution >= 4 is 0 Å². The molecule has 0 bridgehead atoms. The first-order valence-electron chi connectivity index (χ1n) is 7.42. The summed E-state index contributed by atoms with van der Waals surface area (Å²) in [7, 11) is 0. The first-order valence-corrected chi connectivity index (χ1v) is 7.42. The van der Waals surface area contributed by atoms with Crippen LogP contribution in [0.1, 0.15) is 11.1 Å². The van der Waals surface area contributed by atoms with Crippen molar-refractivity contribution in [3.63, 3.8) is 0 Å². The Labute approximate surface area is 130 Å². The predicted molar refractivity (Wildman–Crippen MR) is 81.9 cm³/mol. The third-order valence-corrected chi connectivity index (χ3v) is 3.47. The molecular weight excluding hydrogens is 280 g/mol. The topological polar surface area (TPSA) is 36.9 Å². The normalized spacial score (nSPS) is 18.0. The van der Waals surface area contributed by atoms with Crippen LogP contribution in [-0.4, -0.2) is 25.8 Å². The Morgan fingerprint density at radius 3 is 1.86 bits per heavy atom. The van der Waals surface area contributed by atoms with Crippen molar-refractivity contribution < 1.29 is 18.9 Å². The fraction of sp³-hybridized carbons (Fsp3) is 0.333. The van der Waals surface area contributed by atoms with Crippen LogP contribution in [0.2, 0.25) is 0 Å². The second kappa shape index (κ2) is 8.06. The molecule has 0 radical (unpaired) electrons. The molecule has 1 atom stereocenters. The first-order chi connectivity index (χ1) is 10.9. The maximum Gasteiger partial charge on any atom is 0.186 e. The van der Waals surface area contributed by atoms with Crippen LogP contribution in [0.15, 0.2) is 60.7 Å². The minimum Gasteiger partial charge on any atom is -0.353 e. The van der Waals surface area contributed by atoms with Gasteiger partial charge in [-0.15, -0.1) is 0 Å². The predicted octanol–water partition coefficient (Wildman–Crippen LogP) is 3.12. The van der Waals surface area contributed by atoms with Gasteiger partial charge in [0, 0.05) is 0 Å². The highest BCUT2D eigenvalue weighted by atomic mass is 16.7. The summed E-state index contributed by atoms with van der Waals surface area (Å²) < 4.78 is 22.6. The van der Waals surface area contributed by atoms with Crippen LogP contribution in [-0.2, 0) is 32.2 Å². The van der Waals surface area contributed by atoms with E-state index in [1.807, 2.05) is 60.7 Å². The second-order valence-corrected chi connectivity index (χ2v) is 5.16. The zero-order chi connectivity index (χ0) is 15.0. The largest absolute Gasteiger partial charge is 0.353 e. The molecule has 2 aromatic carbocycles. The Hall–Kier alpha value is -1.72. The van der Waals surface area contributed by atoms with Gasteiger partial charge >= 0.3 is 0 Å². The summed E-state index contributed by atoms with van der Waals surface area (Å²) in [6.45, 7) is 1.76. The zero-order valence-corrected chi connectivity index (χ0v) is 12.4. The molecule has 0 aromatic heterocycles. The summed E-state index contributed by atoms with van der Waals surface area (Å²) in [4.78, 5) is 0. The molecule has 1 fully saturated rings. The molecule has 0 saturated carbocycles. The van der Waals surface area contributed by atoms with Crippen molar-refractivity contribution in [1.29, 1.82) is 0 Å². The minimum absolute atomic E-state index is 0.188. The molecule has 22 heavy (non-hydrogen) atoms. The SMILES string of the molecule is c1ccc(COC(OCc2ccccc2)[C@H]2COCO2)cc1. The van der Waals surface area contributed by atoms with Crippen LogP contribution in [0, 0.1) is 0 Å². The van der Waals surface area contributed by atoms with Gasteiger partial charge < -0.3 is 18.9 Å². The number of hydrogen-bond acceptors (Lipinski definition) is 4. The molecule has 3 rings (SSSR count). The summed E-state index contributed by atoms with van der Waals surface area (Å²) >= 11 is 0. The number of ether oxygens (including phenoxy) is 4. The molecule has 0 N–H and O–H groups in total. The van der Waals surface area contributed by atoms with Gasteiger partial charge in [-0.3, -0.25) is 0 Å². The van der Waals surface area contributed by atoms with E-state index in [9.17, 15) is 0 Å².